The molecule has 2 aromatic carbocycles. The Kier molecular flexibility index (Phi) is 7.15. The molecule has 0 aromatic heterocycles. The second kappa shape index (κ2) is 9.58. The molecule has 2 aromatic rings. The van der Waals surface area contributed by atoms with Crippen LogP contribution in [0.25, 0.3) is 0 Å². The maximum absolute atomic E-state index is 12.8. The van der Waals surface area contributed by atoms with Gasteiger partial charge in [0.25, 0.3) is 0 Å². The average molecular weight is 419 g/mol. The lowest BCUT2D eigenvalue weighted by Crippen LogP contribution is -2.39. The molecule has 0 aliphatic carbocycles. The zero-order valence-electron chi connectivity index (χ0n) is 16.0. The summed E-state index contributed by atoms with van der Waals surface area (Å²) in [5, 5.41) is 2.83. The lowest BCUT2D eigenvalue weighted by Gasteiger charge is -2.30. The third-order valence-electron chi connectivity index (χ3n) is 4.74. The van der Waals surface area contributed by atoms with Crippen molar-refractivity contribution in [1.82, 2.24) is 4.31 Å². The van der Waals surface area contributed by atoms with Crippen LogP contribution in [0, 0.1) is 5.92 Å². The SMILES string of the molecule is CC1CCCN(S(=O)(=O)c2ccc(NC(=O)CCSc3ccccc3)cc2)C1. The number of anilines is 1. The van der Waals surface area contributed by atoms with Gasteiger partial charge in [-0.25, -0.2) is 8.42 Å². The van der Waals surface area contributed by atoms with Crippen LogP contribution in [0.1, 0.15) is 26.2 Å². The highest BCUT2D eigenvalue weighted by Gasteiger charge is 2.28. The molecule has 7 heteroatoms. The van der Waals surface area contributed by atoms with E-state index in [9.17, 15) is 13.2 Å². The summed E-state index contributed by atoms with van der Waals surface area (Å²) in [6, 6.07) is 16.4. The van der Waals surface area contributed by atoms with Crippen LogP contribution >= 0.6 is 11.8 Å². The first-order valence-corrected chi connectivity index (χ1v) is 12.0. The van der Waals surface area contributed by atoms with E-state index in [0.717, 1.165) is 17.7 Å². The summed E-state index contributed by atoms with van der Waals surface area (Å²) in [5.74, 6) is 0.995. The van der Waals surface area contributed by atoms with Crippen LogP contribution in [0.15, 0.2) is 64.4 Å². The van der Waals surface area contributed by atoms with Crippen LogP contribution in [-0.4, -0.2) is 37.5 Å². The monoisotopic (exact) mass is 418 g/mol. The Labute approximate surface area is 171 Å². The Morgan fingerprint density at radius 2 is 1.86 bits per heavy atom. The third-order valence-corrected chi connectivity index (χ3v) is 7.63. The molecule has 1 atom stereocenters. The van der Waals surface area contributed by atoms with E-state index >= 15 is 0 Å². The number of sulfonamides is 1. The van der Waals surface area contributed by atoms with Gasteiger partial charge in [0.1, 0.15) is 0 Å². The van der Waals surface area contributed by atoms with Crippen LogP contribution in [0.4, 0.5) is 5.69 Å². The fourth-order valence-corrected chi connectivity index (χ4v) is 5.70. The highest BCUT2D eigenvalue weighted by Crippen LogP contribution is 2.24. The molecule has 1 heterocycles. The van der Waals surface area contributed by atoms with Gasteiger partial charge in [0.05, 0.1) is 4.90 Å². The fraction of sp³-hybridized carbons (Fsp3) is 0.381. The number of benzene rings is 2. The molecule has 150 valence electrons. The van der Waals surface area contributed by atoms with Gasteiger partial charge in [-0.05, 0) is 55.2 Å². The summed E-state index contributed by atoms with van der Waals surface area (Å²) in [6.07, 6.45) is 2.36. The Balaban J connectivity index is 1.53. The molecule has 1 unspecified atom stereocenters. The van der Waals surface area contributed by atoms with E-state index in [1.54, 1.807) is 40.3 Å². The zero-order chi connectivity index (χ0) is 20.0. The largest absolute Gasteiger partial charge is 0.326 e. The number of carbonyl (C=O) groups is 1. The van der Waals surface area contributed by atoms with Crippen molar-refractivity contribution < 1.29 is 13.2 Å². The molecule has 1 amide bonds. The van der Waals surface area contributed by atoms with Gasteiger partial charge in [-0.2, -0.15) is 4.31 Å². The first kappa shape index (κ1) is 20.9. The van der Waals surface area contributed by atoms with E-state index in [1.807, 2.05) is 30.3 Å². The van der Waals surface area contributed by atoms with E-state index in [1.165, 1.54) is 0 Å². The van der Waals surface area contributed by atoms with Crippen molar-refractivity contribution in [1.29, 1.82) is 0 Å². The first-order chi connectivity index (χ1) is 13.4. The standard InChI is InChI=1S/C21H26N2O3S2/c1-17-6-5-14-23(16-17)28(25,26)20-11-9-18(10-12-20)22-21(24)13-15-27-19-7-3-2-4-8-19/h2-4,7-12,17H,5-6,13-16H2,1H3,(H,22,24). The minimum absolute atomic E-state index is 0.0797. The van der Waals surface area contributed by atoms with Crippen LogP contribution in [0.3, 0.4) is 0 Å². The summed E-state index contributed by atoms with van der Waals surface area (Å²) < 4.78 is 27.1. The predicted molar refractivity (Wildman–Crippen MR) is 114 cm³/mol. The Hall–Kier alpha value is -1.83. The van der Waals surface area contributed by atoms with Gasteiger partial charge in [-0.1, -0.05) is 25.1 Å². The van der Waals surface area contributed by atoms with Gasteiger partial charge < -0.3 is 5.32 Å². The molecule has 0 spiro atoms. The minimum atomic E-state index is -3.47. The maximum atomic E-state index is 12.8. The van der Waals surface area contributed by atoms with Crippen molar-refractivity contribution in [2.24, 2.45) is 5.92 Å². The molecular weight excluding hydrogens is 392 g/mol. The summed E-state index contributed by atoms with van der Waals surface area (Å²) in [4.78, 5) is 13.5. The van der Waals surface area contributed by atoms with Crippen LogP contribution < -0.4 is 5.32 Å². The van der Waals surface area contributed by atoms with E-state index < -0.39 is 10.0 Å². The van der Waals surface area contributed by atoms with Gasteiger partial charge >= 0.3 is 0 Å². The van der Waals surface area contributed by atoms with E-state index in [4.69, 9.17) is 0 Å². The van der Waals surface area contributed by atoms with Crippen molar-refractivity contribution in [3.8, 4) is 0 Å². The lowest BCUT2D eigenvalue weighted by molar-refractivity contribution is -0.115. The maximum Gasteiger partial charge on any atom is 0.243 e. The van der Waals surface area contributed by atoms with E-state index in [-0.39, 0.29) is 10.8 Å². The fourth-order valence-electron chi connectivity index (χ4n) is 3.23. The normalized spacial score (nSPS) is 18.0. The summed E-state index contributed by atoms with van der Waals surface area (Å²) in [5.41, 5.74) is 0.612. The Morgan fingerprint density at radius 3 is 2.54 bits per heavy atom. The zero-order valence-corrected chi connectivity index (χ0v) is 17.6. The smallest absolute Gasteiger partial charge is 0.243 e. The number of thioether (sulfide) groups is 1. The lowest BCUT2D eigenvalue weighted by atomic mass is 10.0. The molecule has 0 saturated carbocycles. The van der Waals surface area contributed by atoms with Crippen molar-refractivity contribution in [2.45, 2.75) is 36.0 Å². The molecular formula is C21H26N2O3S2. The van der Waals surface area contributed by atoms with Gasteiger partial charge in [-0.15, -0.1) is 11.8 Å². The van der Waals surface area contributed by atoms with Gasteiger partial charge in [0, 0.05) is 35.8 Å². The molecule has 1 saturated heterocycles. The number of hydrogen-bond acceptors (Lipinski definition) is 4. The molecule has 0 radical (unpaired) electrons. The molecule has 0 bridgehead atoms. The summed E-state index contributed by atoms with van der Waals surface area (Å²) >= 11 is 1.64. The van der Waals surface area contributed by atoms with Crippen molar-refractivity contribution in [3.05, 3.63) is 54.6 Å². The minimum Gasteiger partial charge on any atom is -0.326 e. The molecule has 1 N–H and O–H groups in total. The summed E-state index contributed by atoms with van der Waals surface area (Å²) in [6.45, 7) is 3.22. The quantitative estimate of drug-likeness (QED) is 0.684. The highest BCUT2D eigenvalue weighted by atomic mass is 32.2. The van der Waals surface area contributed by atoms with Crippen LogP contribution in [-0.2, 0) is 14.8 Å². The molecule has 1 fully saturated rings. The second-order valence-corrected chi connectivity index (χ2v) is 10.2. The first-order valence-electron chi connectivity index (χ1n) is 9.53. The van der Waals surface area contributed by atoms with Crippen LogP contribution in [0.2, 0.25) is 0 Å². The van der Waals surface area contributed by atoms with Crippen LogP contribution in [0.5, 0.6) is 0 Å². The van der Waals surface area contributed by atoms with Gasteiger partial charge in [0.2, 0.25) is 15.9 Å². The second-order valence-electron chi connectivity index (χ2n) is 7.09. The molecule has 5 nitrogen and oxygen atoms in total. The van der Waals surface area contributed by atoms with Crippen molar-refractivity contribution in [3.63, 3.8) is 0 Å². The van der Waals surface area contributed by atoms with Crippen molar-refractivity contribution in [2.75, 3.05) is 24.2 Å². The number of piperidine rings is 1. The number of nitrogens with one attached hydrogen (secondary N) is 1. The van der Waals surface area contributed by atoms with Gasteiger partial charge in [0.15, 0.2) is 0 Å². The molecule has 28 heavy (non-hydrogen) atoms. The molecule has 3 rings (SSSR count). The highest BCUT2D eigenvalue weighted by molar-refractivity contribution is 7.99. The number of carbonyl (C=O) groups excluding carboxylic acids is 1. The topological polar surface area (TPSA) is 66.5 Å². The number of amides is 1. The third kappa shape index (κ3) is 5.59. The Bertz CT molecular complexity index is 884. The predicted octanol–water partition coefficient (Wildman–Crippen LogP) is 4.23. The number of rotatable bonds is 7. The van der Waals surface area contributed by atoms with E-state index in [2.05, 4.69) is 12.2 Å². The van der Waals surface area contributed by atoms with Gasteiger partial charge in [-0.3, -0.25) is 4.79 Å². The molecule has 1 aliphatic rings. The van der Waals surface area contributed by atoms with E-state index in [0.29, 0.717) is 36.9 Å². The summed E-state index contributed by atoms with van der Waals surface area (Å²) in [7, 11) is -3.47. The molecule has 1 aliphatic heterocycles. The Morgan fingerprint density at radius 1 is 1.14 bits per heavy atom. The number of hydrogen-bond donors (Lipinski definition) is 1. The average Bonchev–Trinajstić information content (AvgIpc) is 2.69. The number of nitrogens with zero attached hydrogens (tertiary/aromatic N) is 1. The van der Waals surface area contributed by atoms with Crippen molar-refractivity contribution >= 4 is 33.4 Å².